The lowest BCUT2D eigenvalue weighted by Crippen LogP contribution is -2.08. The summed E-state index contributed by atoms with van der Waals surface area (Å²) in [6, 6.07) is 9.76. The molecule has 0 aliphatic heterocycles. The van der Waals surface area contributed by atoms with Crippen molar-refractivity contribution in [2.45, 2.75) is 13.0 Å². The summed E-state index contributed by atoms with van der Waals surface area (Å²) in [7, 11) is 0. The Kier molecular flexibility index (Phi) is 4.93. The molecule has 1 N–H and O–H groups in total. The summed E-state index contributed by atoms with van der Waals surface area (Å²) in [6.07, 6.45) is 0. The number of rotatable bonds is 4. The van der Waals surface area contributed by atoms with Crippen molar-refractivity contribution in [3.05, 3.63) is 67.1 Å². The topological polar surface area (TPSA) is 55.2 Å². The van der Waals surface area contributed by atoms with Crippen LogP contribution in [0.25, 0.3) is 0 Å². The van der Waals surface area contributed by atoms with Gasteiger partial charge in [0.05, 0.1) is 15.0 Å². The first kappa shape index (κ1) is 15.9. The summed E-state index contributed by atoms with van der Waals surface area (Å²) in [4.78, 5) is 10.6. The van der Waals surface area contributed by atoms with Gasteiger partial charge in [0.2, 0.25) is 0 Å². The number of anilines is 1. The SMILES string of the molecule is CC(Nc1cc(Cl)c(Cl)cc1[N+](=O)[O-])c1ccc(Cl)cc1. The van der Waals surface area contributed by atoms with E-state index < -0.39 is 4.92 Å². The predicted octanol–water partition coefficient (Wildman–Crippen LogP) is 5.73. The van der Waals surface area contributed by atoms with Gasteiger partial charge in [-0.15, -0.1) is 0 Å². The summed E-state index contributed by atoms with van der Waals surface area (Å²) in [5, 5.41) is 15.2. The third-order valence-corrected chi connectivity index (χ3v) is 3.95. The number of hydrogen-bond donors (Lipinski definition) is 1. The molecule has 0 aliphatic carbocycles. The molecule has 0 heterocycles. The van der Waals surface area contributed by atoms with Gasteiger partial charge in [-0.3, -0.25) is 10.1 Å². The van der Waals surface area contributed by atoms with Gasteiger partial charge >= 0.3 is 0 Å². The molecule has 21 heavy (non-hydrogen) atoms. The van der Waals surface area contributed by atoms with Crippen molar-refractivity contribution in [2.75, 3.05) is 5.32 Å². The van der Waals surface area contributed by atoms with Gasteiger partial charge in [0.1, 0.15) is 5.69 Å². The Morgan fingerprint density at radius 2 is 1.67 bits per heavy atom. The minimum atomic E-state index is -0.501. The molecule has 0 saturated carbocycles. The smallest absolute Gasteiger partial charge is 0.293 e. The van der Waals surface area contributed by atoms with E-state index in [-0.39, 0.29) is 21.8 Å². The molecule has 2 aromatic rings. The van der Waals surface area contributed by atoms with E-state index in [4.69, 9.17) is 34.8 Å². The highest BCUT2D eigenvalue weighted by Crippen LogP contribution is 2.35. The standard InChI is InChI=1S/C14H11Cl3N2O2/c1-8(9-2-4-10(15)5-3-9)18-13-6-11(16)12(17)7-14(13)19(20)21/h2-8,18H,1H3. The number of nitro groups is 1. The van der Waals surface area contributed by atoms with Gasteiger partial charge in [-0.1, -0.05) is 46.9 Å². The largest absolute Gasteiger partial charge is 0.373 e. The number of nitrogens with zero attached hydrogens (tertiary/aromatic N) is 1. The van der Waals surface area contributed by atoms with Gasteiger partial charge in [0.15, 0.2) is 0 Å². The Balaban J connectivity index is 2.32. The zero-order chi connectivity index (χ0) is 15.6. The maximum absolute atomic E-state index is 11.1. The van der Waals surface area contributed by atoms with Gasteiger partial charge in [-0.2, -0.15) is 0 Å². The Bertz CT molecular complexity index is 675. The van der Waals surface area contributed by atoms with Crippen LogP contribution in [-0.2, 0) is 0 Å². The lowest BCUT2D eigenvalue weighted by atomic mass is 10.1. The van der Waals surface area contributed by atoms with E-state index in [0.717, 1.165) is 5.56 Å². The van der Waals surface area contributed by atoms with Crippen LogP contribution in [0.1, 0.15) is 18.5 Å². The van der Waals surface area contributed by atoms with Crippen molar-refractivity contribution in [3.63, 3.8) is 0 Å². The molecule has 1 unspecified atom stereocenters. The number of hydrogen-bond acceptors (Lipinski definition) is 3. The summed E-state index contributed by atoms with van der Waals surface area (Å²) < 4.78 is 0. The van der Waals surface area contributed by atoms with E-state index in [2.05, 4.69) is 5.32 Å². The Morgan fingerprint density at radius 3 is 2.24 bits per heavy atom. The molecule has 7 heteroatoms. The maximum Gasteiger partial charge on any atom is 0.293 e. The van der Waals surface area contributed by atoms with E-state index in [1.165, 1.54) is 12.1 Å². The van der Waals surface area contributed by atoms with Gasteiger partial charge in [-0.25, -0.2) is 0 Å². The first-order valence-electron chi connectivity index (χ1n) is 6.04. The van der Waals surface area contributed by atoms with Crippen LogP contribution in [0.4, 0.5) is 11.4 Å². The second kappa shape index (κ2) is 6.52. The second-order valence-corrected chi connectivity index (χ2v) is 5.71. The first-order valence-corrected chi connectivity index (χ1v) is 7.17. The monoisotopic (exact) mass is 344 g/mol. The quantitative estimate of drug-likeness (QED) is 0.569. The minimum absolute atomic E-state index is 0.120. The molecule has 0 radical (unpaired) electrons. The van der Waals surface area contributed by atoms with Crippen LogP contribution in [0.5, 0.6) is 0 Å². The fourth-order valence-corrected chi connectivity index (χ4v) is 2.32. The Hall–Kier alpha value is -1.49. The molecule has 2 aromatic carbocycles. The van der Waals surface area contributed by atoms with Crippen molar-refractivity contribution in [3.8, 4) is 0 Å². The van der Waals surface area contributed by atoms with Crippen LogP contribution >= 0.6 is 34.8 Å². The van der Waals surface area contributed by atoms with Crippen molar-refractivity contribution in [2.24, 2.45) is 0 Å². The molecule has 2 rings (SSSR count). The summed E-state index contributed by atoms with van der Waals surface area (Å²) in [5.74, 6) is 0. The van der Waals surface area contributed by atoms with E-state index in [1.807, 2.05) is 19.1 Å². The highest BCUT2D eigenvalue weighted by molar-refractivity contribution is 6.42. The average molecular weight is 346 g/mol. The van der Waals surface area contributed by atoms with Crippen molar-refractivity contribution >= 4 is 46.2 Å². The van der Waals surface area contributed by atoms with Crippen molar-refractivity contribution in [1.82, 2.24) is 0 Å². The fourth-order valence-electron chi connectivity index (χ4n) is 1.87. The molecular weight excluding hydrogens is 335 g/mol. The van der Waals surface area contributed by atoms with Gasteiger partial charge < -0.3 is 5.32 Å². The number of benzene rings is 2. The maximum atomic E-state index is 11.1. The molecule has 0 aromatic heterocycles. The molecule has 0 amide bonds. The number of nitro benzene ring substituents is 1. The van der Waals surface area contributed by atoms with Crippen LogP contribution in [-0.4, -0.2) is 4.92 Å². The Labute approximate surface area is 136 Å². The van der Waals surface area contributed by atoms with Crippen molar-refractivity contribution in [1.29, 1.82) is 0 Å². The van der Waals surface area contributed by atoms with Crippen LogP contribution in [0, 0.1) is 10.1 Å². The van der Waals surface area contributed by atoms with E-state index in [9.17, 15) is 10.1 Å². The highest BCUT2D eigenvalue weighted by atomic mass is 35.5. The summed E-state index contributed by atoms with van der Waals surface area (Å²) in [5.41, 5.74) is 1.14. The number of nitrogens with one attached hydrogen (secondary N) is 1. The van der Waals surface area contributed by atoms with Gasteiger partial charge in [-0.05, 0) is 30.7 Å². The zero-order valence-corrected chi connectivity index (χ0v) is 13.2. The lowest BCUT2D eigenvalue weighted by molar-refractivity contribution is -0.384. The molecule has 0 aliphatic rings. The van der Waals surface area contributed by atoms with Gasteiger partial charge in [0, 0.05) is 17.1 Å². The molecule has 0 spiro atoms. The molecule has 0 saturated heterocycles. The lowest BCUT2D eigenvalue weighted by Gasteiger charge is -2.16. The average Bonchev–Trinajstić information content (AvgIpc) is 2.43. The van der Waals surface area contributed by atoms with Crippen molar-refractivity contribution < 1.29 is 4.92 Å². The van der Waals surface area contributed by atoms with E-state index in [1.54, 1.807) is 12.1 Å². The summed E-state index contributed by atoms with van der Waals surface area (Å²) >= 11 is 17.6. The molecule has 4 nitrogen and oxygen atoms in total. The normalized spacial score (nSPS) is 12.0. The van der Waals surface area contributed by atoms with E-state index in [0.29, 0.717) is 10.7 Å². The van der Waals surface area contributed by atoms with Crippen LogP contribution in [0.15, 0.2) is 36.4 Å². The first-order chi connectivity index (χ1) is 9.88. The fraction of sp³-hybridized carbons (Fsp3) is 0.143. The van der Waals surface area contributed by atoms with Crippen LogP contribution < -0.4 is 5.32 Å². The highest BCUT2D eigenvalue weighted by Gasteiger charge is 2.19. The van der Waals surface area contributed by atoms with Gasteiger partial charge in [0.25, 0.3) is 5.69 Å². The predicted molar refractivity (Wildman–Crippen MR) is 86.6 cm³/mol. The number of halogens is 3. The third kappa shape index (κ3) is 3.79. The molecule has 110 valence electrons. The Morgan fingerprint density at radius 1 is 1.10 bits per heavy atom. The van der Waals surface area contributed by atoms with E-state index >= 15 is 0 Å². The molecular formula is C14H11Cl3N2O2. The third-order valence-electron chi connectivity index (χ3n) is 2.98. The molecule has 0 fully saturated rings. The van der Waals surface area contributed by atoms with Crippen LogP contribution in [0.2, 0.25) is 15.1 Å². The molecule has 0 bridgehead atoms. The summed E-state index contributed by atoms with van der Waals surface area (Å²) in [6.45, 7) is 1.88. The molecule has 1 atom stereocenters. The second-order valence-electron chi connectivity index (χ2n) is 4.46. The zero-order valence-electron chi connectivity index (χ0n) is 10.9. The minimum Gasteiger partial charge on any atom is -0.373 e. The van der Waals surface area contributed by atoms with Crippen LogP contribution in [0.3, 0.4) is 0 Å².